The van der Waals surface area contributed by atoms with E-state index in [1.165, 1.54) is 5.56 Å². The normalized spacial score (nSPS) is 15.9. The van der Waals surface area contributed by atoms with E-state index in [4.69, 9.17) is 23.2 Å². The summed E-state index contributed by atoms with van der Waals surface area (Å²) in [6.45, 7) is 8.05. The second-order valence-corrected chi connectivity index (χ2v) is 8.46. The molecule has 2 aromatic rings. The first-order chi connectivity index (χ1) is 14.0. The largest absolute Gasteiger partial charge is 0.369 e. The number of anilines is 1. The second kappa shape index (κ2) is 10.3. The molecule has 156 valence electrons. The topological polar surface area (TPSA) is 35.6 Å². The van der Waals surface area contributed by atoms with Crippen molar-refractivity contribution in [2.45, 2.75) is 32.7 Å². The molecule has 0 aromatic heterocycles. The van der Waals surface area contributed by atoms with E-state index < -0.39 is 0 Å². The van der Waals surface area contributed by atoms with Gasteiger partial charge in [-0.1, -0.05) is 60.8 Å². The molecule has 4 nitrogen and oxygen atoms in total. The van der Waals surface area contributed by atoms with Gasteiger partial charge >= 0.3 is 0 Å². The Balaban J connectivity index is 1.46. The number of aryl methyl sites for hydroxylation is 1. The summed E-state index contributed by atoms with van der Waals surface area (Å²) in [6.07, 6.45) is 2.24. The minimum absolute atomic E-state index is 0.00988. The third-order valence-corrected chi connectivity index (χ3v) is 6.14. The van der Waals surface area contributed by atoms with Gasteiger partial charge in [-0.3, -0.25) is 9.69 Å². The predicted molar refractivity (Wildman–Crippen MR) is 122 cm³/mol. The SMILES string of the molecule is CCCc1ccc([C@@H](C)NC(=O)CN2CCN(c3ccc(Cl)c(Cl)c3)CC2)cc1. The van der Waals surface area contributed by atoms with E-state index in [1.807, 2.05) is 25.1 Å². The molecular formula is C23H29Cl2N3O. The zero-order chi connectivity index (χ0) is 20.8. The number of halogens is 2. The Morgan fingerprint density at radius 3 is 2.34 bits per heavy atom. The molecular weight excluding hydrogens is 405 g/mol. The molecule has 0 radical (unpaired) electrons. The number of piperazine rings is 1. The van der Waals surface area contributed by atoms with Crippen molar-refractivity contribution in [2.24, 2.45) is 0 Å². The molecule has 1 saturated heterocycles. The molecule has 2 aromatic carbocycles. The molecule has 0 bridgehead atoms. The lowest BCUT2D eigenvalue weighted by Gasteiger charge is -2.36. The quantitative estimate of drug-likeness (QED) is 0.670. The molecule has 1 aliphatic heterocycles. The van der Waals surface area contributed by atoms with Gasteiger partial charge in [0, 0.05) is 31.9 Å². The van der Waals surface area contributed by atoms with E-state index in [1.54, 1.807) is 0 Å². The van der Waals surface area contributed by atoms with Crippen molar-refractivity contribution in [2.75, 3.05) is 37.6 Å². The summed E-state index contributed by atoms with van der Waals surface area (Å²) in [5, 5.41) is 4.27. The van der Waals surface area contributed by atoms with Gasteiger partial charge < -0.3 is 10.2 Å². The highest BCUT2D eigenvalue weighted by Gasteiger charge is 2.20. The van der Waals surface area contributed by atoms with Crippen molar-refractivity contribution in [3.63, 3.8) is 0 Å². The highest BCUT2D eigenvalue weighted by molar-refractivity contribution is 6.42. The van der Waals surface area contributed by atoms with E-state index in [-0.39, 0.29) is 11.9 Å². The molecule has 1 heterocycles. The number of carbonyl (C=O) groups is 1. The van der Waals surface area contributed by atoms with Crippen molar-refractivity contribution in [1.29, 1.82) is 0 Å². The van der Waals surface area contributed by atoms with Crippen LogP contribution in [0.25, 0.3) is 0 Å². The van der Waals surface area contributed by atoms with Crippen LogP contribution in [-0.4, -0.2) is 43.5 Å². The fourth-order valence-corrected chi connectivity index (χ4v) is 3.97. The van der Waals surface area contributed by atoms with E-state index >= 15 is 0 Å². The lowest BCUT2D eigenvalue weighted by Crippen LogP contribution is -2.49. The van der Waals surface area contributed by atoms with Crippen LogP contribution in [0.1, 0.15) is 37.4 Å². The average molecular weight is 434 g/mol. The van der Waals surface area contributed by atoms with E-state index in [9.17, 15) is 4.79 Å². The van der Waals surface area contributed by atoms with Gasteiger partial charge in [-0.15, -0.1) is 0 Å². The molecule has 6 heteroatoms. The molecule has 1 N–H and O–H groups in total. The summed E-state index contributed by atoms with van der Waals surface area (Å²) >= 11 is 12.1. The zero-order valence-corrected chi connectivity index (χ0v) is 18.6. The third-order valence-electron chi connectivity index (χ3n) is 5.40. The summed E-state index contributed by atoms with van der Waals surface area (Å²) < 4.78 is 0. The second-order valence-electron chi connectivity index (χ2n) is 7.64. The molecule has 0 saturated carbocycles. The van der Waals surface area contributed by atoms with Gasteiger partial charge in [0.25, 0.3) is 0 Å². The van der Waals surface area contributed by atoms with Gasteiger partial charge in [-0.05, 0) is 42.7 Å². The number of carbonyl (C=O) groups excluding carboxylic acids is 1. The number of hydrogen-bond donors (Lipinski definition) is 1. The minimum Gasteiger partial charge on any atom is -0.369 e. The highest BCUT2D eigenvalue weighted by Crippen LogP contribution is 2.27. The Morgan fingerprint density at radius 2 is 1.72 bits per heavy atom. The number of nitrogens with zero attached hydrogens (tertiary/aromatic N) is 2. The van der Waals surface area contributed by atoms with Crippen molar-refractivity contribution < 1.29 is 4.79 Å². The summed E-state index contributed by atoms with van der Waals surface area (Å²) in [6, 6.07) is 14.3. The van der Waals surface area contributed by atoms with Gasteiger partial charge in [-0.2, -0.15) is 0 Å². The number of amides is 1. The van der Waals surface area contributed by atoms with Crippen LogP contribution in [0, 0.1) is 0 Å². The van der Waals surface area contributed by atoms with Gasteiger partial charge in [-0.25, -0.2) is 0 Å². The van der Waals surface area contributed by atoms with Crippen LogP contribution in [0.4, 0.5) is 5.69 Å². The van der Waals surface area contributed by atoms with Crippen LogP contribution in [0.3, 0.4) is 0 Å². The van der Waals surface area contributed by atoms with Crippen LogP contribution in [0.5, 0.6) is 0 Å². The molecule has 0 unspecified atom stereocenters. The summed E-state index contributed by atoms with van der Waals surface area (Å²) in [7, 11) is 0. The number of hydrogen-bond acceptors (Lipinski definition) is 3. The average Bonchev–Trinajstić information content (AvgIpc) is 2.71. The highest BCUT2D eigenvalue weighted by atomic mass is 35.5. The fourth-order valence-electron chi connectivity index (χ4n) is 3.68. The first-order valence-corrected chi connectivity index (χ1v) is 11.0. The van der Waals surface area contributed by atoms with E-state index in [0.717, 1.165) is 50.3 Å². The van der Waals surface area contributed by atoms with Crippen molar-refractivity contribution in [3.8, 4) is 0 Å². The summed E-state index contributed by atoms with van der Waals surface area (Å²) in [4.78, 5) is 17.0. The molecule has 1 aliphatic rings. The molecule has 0 spiro atoms. The van der Waals surface area contributed by atoms with Crippen LogP contribution in [0.15, 0.2) is 42.5 Å². The van der Waals surface area contributed by atoms with E-state index in [2.05, 4.69) is 46.3 Å². The lowest BCUT2D eigenvalue weighted by atomic mass is 10.0. The Labute approximate surface area is 183 Å². The number of benzene rings is 2. The number of nitrogens with one attached hydrogen (secondary N) is 1. The first kappa shape index (κ1) is 21.9. The summed E-state index contributed by atoms with van der Waals surface area (Å²) in [5.41, 5.74) is 3.56. The molecule has 0 aliphatic carbocycles. The Morgan fingerprint density at radius 1 is 1.03 bits per heavy atom. The Kier molecular flexibility index (Phi) is 7.82. The fraction of sp³-hybridized carbons (Fsp3) is 0.435. The first-order valence-electron chi connectivity index (χ1n) is 10.3. The molecule has 29 heavy (non-hydrogen) atoms. The maximum Gasteiger partial charge on any atom is 0.234 e. The molecule has 1 fully saturated rings. The van der Waals surface area contributed by atoms with Crippen molar-refractivity contribution >= 4 is 34.8 Å². The standard InChI is InChI=1S/C23H29Cl2N3O/c1-3-4-18-5-7-19(8-6-18)17(2)26-23(29)16-27-11-13-28(14-12-27)20-9-10-21(24)22(25)15-20/h5-10,15,17H,3-4,11-14,16H2,1-2H3,(H,26,29)/t17-/m1/s1. The smallest absolute Gasteiger partial charge is 0.234 e. The van der Waals surface area contributed by atoms with Gasteiger partial charge in [0.1, 0.15) is 0 Å². The molecule has 1 atom stereocenters. The maximum atomic E-state index is 12.5. The van der Waals surface area contributed by atoms with Crippen LogP contribution >= 0.6 is 23.2 Å². The van der Waals surface area contributed by atoms with Crippen LogP contribution < -0.4 is 10.2 Å². The monoisotopic (exact) mass is 433 g/mol. The van der Waals surface area contributed by atoms with Crippen molar-refractivity contribution in [3.05, 3.63) is 63.6 Å². The zero-order valence-electron chi connectivity index (χ0n) is 17.1. The maximum absolute atomic E-state index is 12.5. The van der Waals surface area contributed by atoms with Gasteiger partial charge in [0.05, 0.1) is 22.6 Å². The minimum atomic E-state index is 0.00988. The summed E-state index contributed by atoms with van der Waals surface area (Å²) in [5.74, 6) is 0.0677. The Hall–Kier alpha value is -1.75. The van der Waals surface area contributed by atoms with Gasteiger partial charge in [0.2, 0.25) is 5.91 Å². The van der Waals surface area contributed by atoms with Gasteiger partial charge in [0.15, 0.2) is 0 Å². The van der Waals surface area contributed by atoms with E-state index in [0.29, 0.717) is 16.6 Å². The third kappa shape index (κ3) is 6.11. The van der Waals surface area contributed by atoms with Crippen LogP contribution in [-0.2, 0) is 11.2 Å². The predicted octanol–water partition coefficient (Wildman–Crippen LogP) is 4.95. The Bertz CT molecular complexity index is 817. The molecule has 1 amide bonds. The lowest BCUT2D eigenvalue weighted by molar-refractivity contribution is -0.123. The molecule has 3 rings (SSSR count). The van der Waals surface area contributed by atoms with Crippen LogP contribution in [0.2, 0.25) is 10.0 Å². The van der Waals surface area contributed by atoms with Crippen molar-refractivity contribution in [1.82, 2.24) is 10.2 Å². The number of rotatable bonds is 7.